The van der Waals surface area contributed by atoms with Crippen molar-refractivity contribution in [3.63, 3.8) is 0 Å². The van der Waals surface area contributed by atoms with Crippen LogP contribution in [0, 0.1) is 0 Å². The minimum absolute atomic E-state index is 0.0602. The zero-order valence-electron chi connectivity index (χ0n) is 11.2. The SMILES string of the molecule is COC(=O)CC1Nc2cc(Cl)c(S(N)(=O)=O)cc2S(=O)(=O)N1. The van der Waals surface area contributed by atoms with Crippen molar-refractivity contribution in [1.29, 1.82) is 0 Å². The lowest BCUT2D eigenvalue weighted by atomic mass is 10.2. The number of hydrogen-bond donors (Lipinski definition) is 3. The molecule has 1 aliphatic heterocycles. The number of primary sulfonamides is 1. The van der Waals surface area contributed by atoms with Gasteiger partial charge in [-0.25, -0.2) is 22.0 Å². The predicted octanol–water partition coefficient (Wildman–Crippen LogP) is -0.420. The van der Waals surface area contributed by atoms with Gasteiger partial charge in [0.05, 0.1) is 24.2 Å². The number of rotatable bonds is 3. The number of benzene rings is 1. The van der Waals surface area contributed by atoms with Crippen molar-refractivity contribution in [3.05, 3.63) is 17.2 Å². The summed E-state index contributed by atoms with van der Waals surface area (Å²) >= 11 is 5.81. The molecule has 0 spiro atoms. The molecule has 1 unspecified atom stereocenters. The van der Waals surface area contributed by atoms with Crippen LogP contribution in [0.5, 0.6) is 0 Å². The van der Waals surface area contributed by atoms with E-state index < -0.39 is 37.1 Å². The van der Waals surface area contributed by atoms with Crippen LogP contribution in [0.1, 0.15) is 6.42 Å². The Morgan fingerprint density at radius 2 is 2.09 bits per heavy atom. The Bertz CT molecular complexity index is 836. The first-order valence-electron chi connectivity index (χ1n) is 5.76. The van der Waals surface area contributed by atoms with Crippen molar-refractivity contribution in [2.45, 2.75) is 22.4 Å². The van der Waals surface area contributed by atoms with Crippen LogP contribution in [0.25, 0.3) is 0 Å². The van der Waals surface area contributed by atoms with Gasteiger partial charge in [0.15, 0.2) is 0 Å². The normalized spacial score (nSPS) is 19.9. The number of sulfonamides is 2. The number of fused-ring (bicyclic) bond motifs is 1. The van der Waals surface area contributed by atoms with Crippen LogP contribution in [0.4, 0.5) is 5.69 Å². The average Bonchev–Trinajstić information content (AvgIpc) is 2.35. The molecule has 0 fully saturated rings. The quantitative estimate of drug-likeness (QED) is 0.613. The Kier molecular flexibility index (Phi) is 4.37. The van der Waals surface area contributed by atoms with Crippen molar-refractivity contribution in [3.8, 4) is 0 Å². The van der Waals surface area contributed by atoms with Crippen LogP contribution in [0.15, 0.2) is 21.9 Å². The largest absolute Gasteiger partial charge is 0.469 e. The maximum Gasteiger partial charge on any atom is 0.309 e. The minimum Gasteiger partial charge on any atom is -0.469 e. The molecular weight excluding hydrogens is 358 g/mol. The lowest BCUT2D eigenvalue weighted by Gasteiger charge is -2.27. The number of ether oxygens (including phenoxy) is 1. The van der Waals surface area contributed by atoms with Gasteiger partial charge in [0.1, 0.15) is 16.0 Å². The van der Waals surface area contributed by atoms with Crippen LogP contribution < -0.4 is 15.2 Å². The highest BCUT2D eigenvalue weighted by Crippen LogP contribution is 2.33. The number of methoxy groups -OCH3 is 1. The summed E-state index contributed by atoms with van der Waals surface area (Å²) in [5, 5.41) is 7.47. The summed E-state index contributed by atoms with van der Waals surface area (Å²) < 4.78 is 53.8. The number of nitrogens with two attached hydrogens (primary N) is 1. The molecule has 1 aromatic rings. The van der Waals surface area contributed by atoms with Crippen molar-refractivity contribution < 1.29 is 26.4 Å². The second kappa shape index (κ2) is 5.66. The maximum absolute atomic E-state index is 12.2. The number of halogens is 1. The highest BCUT2D eigenvalue weighted by molar-refractivity contribution is 7.90. The minimum atomic E-state index is -4.18. The number of anilines is 1. The molecule has 1 heterocycles. The average molecular weight is 370 g/mol. The molecule has 12 heteroatoms. The van der Waals surface area contributed by atoms with Crippen LogP contribution in [0.2, 0.25) is 5.02 Å². The van der Waals surface area contributed by atoms with E-state index in [-0.39, 0.29) is 22.0 Å². The molecule has 4 N–H and O–H groups in total. The lowest BCUT2D eigenvalue weighted by Crippen LogP contribution is -2.46. The molecule has 0 amide bonds. The third kappa shape index (κ3) is 3.33. The molecule has 1 aromatic carbocycles. The van der Waals surface area contributed by atoms with Gasteiger partial charge in [-0.3, -0.25) is 4.79 Å². The van der Waals surface area contributed by atoms with Crippen molar-refractivity contribution in [2.75, 3.05) is 12.4 Å². The molecule has 22 heavy (non-hydrogen) atoms. The highest BCUT2D eigenvalue weighted by Gasteiger charge is 2.32. The molecule has 0 aliphatic carbocycles. The molecule has 9 nitrogen and oxygen atoms in total. The van der Waals surface area contributed by atoms with Gasteiger partial charge in [-0.05, 0) is 12.1 Å². The van der Waals surface area contributed by atoms with Gasteiger partial charge in [-0.2, -0.15) is 4.72 Å². The Labute approximate surface area is 131 Å². The molecule has 1 atom stereocenters. The van der Waals surface area contributed by atoms with E-state index in [9.17, 15) is 21.6 Å². The zero-order chi connectivity index (χ0) is 16.7. The summed E-state index contributed by atoms with van der Waals surface area (Å²) in [5.41, 5.74) is 0.0602. The third-order valence-corrected chi connectivity index (χ3v) is 5.74. The van der Waals surface area contributed by atoms with Gasteiger partial charge in [-0.15, -0.1) is 0 Å². The van der Waals surface area contributed by atoms with Crippen LogP contribution >= 0.6 is 11.6 Å². The van der Waals surface area contributed by atoms with E-state index in [0.29, 0.717) is 0 Å². The van der Waals surface area contributed by atoms with E-state index >= 15 is 0 Å². The number of nitrogens with one attached hydrogen (secondary N) is 2. The summed E-state index contributed by atoms with van der Waals surface area (Å²) in [5.74, 6) is -0.629. The Hall–Kier alpha value is -1.40. The van der Waals surface area contributed by atoms with Crippen LogP contribution in [-0.2, 0) is 29.6 Å². The Morgan fingerprint density at radius 1 is 1.45 bits per heavy atom. The second-order valence-electron chi connectivity index (χ2n) is 4.42. The fraction of sp³-hybridized carbons (Fsp3) is 0.300. The van der Waals surface area contributed by atoms with Gasteiger partial charge in [-0.1, -0.05) is 11.6 Å². The third-order valence-electron chi connectivity index (χ3n) is 2.86. The topological polar surface area (TPSA) is 145 Å². The number of hydrogen-bond acceptors (Lipinski definition) is 7. The van der Waals surface area contributed by atoms with Gasteiger partial charge in [0, 0.05) is 0 Å². The molecule has 122 valence electrons. The molecule has 0 aromatic heterocycles. The maximum atomic E-state index is 12.2. The highest BCUT2D eigenvalue weighted by atomic mass is 35.5. The molecule has 1 aliphatic rings. The summed E-state index contributed by atoms with van der Waals surface area (Å²) in [6, 6.07) is 1.98. The number of carbonyl (C=O) groups excluding carboxylic acids is 1. The number of carbonyl (C=O) groups is 1. The van der Waals surface area contributed by atoms with Crippen molar-refractivity contribution in [1.82, 2.24) is 4.72 Å². The fourth-order valence-corrected chi connectivity index (χ4v) is 4.40. The standard InChI is InChI=1S/C10H12ClN3O6S2/c1-20-10(15)4-9-13-6-2-5(11)7(21(12,16)17)3-8(6)22(18,19)14-9/h2-3,9,13-14H,4H2,1H3,(H2,12,16,17). The predicted molar refractivity (Wildman–Crippen MR) is 77.2 cm³/mol. The Morgan fingerprint density at radius 3 is 2.64 bits per heavy atom. The van der Waals surface area contributed by atoms with Crippen LogP contribution in [0.3, 0.4) is 0 Å². The van der Waals surface area contributed by atoms with Crippen molar-refractivity contribution >= 4 is 43.3 Å². The van der Waals surface area contributed by atoms with Gasteiger partial charge >= 0.3 is 5.97 Å². The first kappa shape index (κ1) is 17.0. The van der Waals surface area contributed by atoms with E-state index in [1.807, 2.05) is 0 Å². The first-order valence-corrected chi connectivity index (χ1v) is 9.17. The summed E-state index contributed by atoms with van der Waals surface area (Å²) in [6.45, 7) is 0. The summed E-state index contributed by atoms with van der Waals surface area (Å²) in [6.07, 6.45) is -1.20. The Balaban J connectivity index is 2.51. The molecular formula is C10H12ClN3O6S2. The number of esters is 1. The van der Waals surface area contributed by atoms with E-state index in [4.69, 9.17) is 16.7 Å². The zero-order valence-corrected chi connectivity index (χ0v) is 13.5. The summed E-state index contributed by atoms with van der Waals surface area (Å²) in [4.78, 5) is 10.4. The van der Waals surface area contributed by atoms with Crippen molar-refractivity contribution in [2.24, 2.45) is 5.14 Å². The van der Waals surface area contributed by atoms with Gasteiger partial charge < -0.3 is 10.1 Å². The second-order valence-corrected chi connectivity index (χ2v) is 8.04. The van der Waals surface area contributed by atoms with E-state index in [0.717, 1.165) is 12.1 Å². The van der Waals surface area contributed by atoms with Gasteiger partial charge in [0.2, 0.25) is 20.0 Å². The smallest absolute Gasteiger partial charge is 0.309 e. The van der Waals surface area contributed by atoms with E-state index in [1.165, 1.54) is 7.11 Å². The monoisotopic (exact) mass is 369 g/mol. The fourth-order valence-electron chi connectivity index (χ4n) is 1.90. The van der Waals surface area contributed by atoms with E-state index in [1.54, 1.807) is 0 Å². The van der Waals surface area contributed by atoms with Crippen LogP contribution in [-0.4, -0.2) is 36.1 Å². The molecule has 0 saturated heterocycles. The van der Waals surface area contributed by atoms with Gasteiger partial charge in [0.25, 0.3) is 0 Å². The molecule has 0 bridgehead atoms. The summed E-state index contributed by atoms with van der Waals surface area (Å²) in [7, 11) is -7.05. The molecule has 0 saturated carbocycles. The molecule has 0 radical (unpaired) electrons. The van der Waals surface area contributed by atoms with E-state index in [2.05, 4.69) is 14.8 Å². The first-order chi connectivity index (χ1) is 10.0. The lowest BCUT2D eigenvalue weighted by molar-refractivity contribution is -0.140. The molecule has 2 rings (SSSR count).